The van der Waals surface area contributed by atoms with Crippen LogP contribution < -0.4 is 10.6 Å². The summed E-state index contributed by atoms with van der Waals surface area (Å²) >= 11 is 0. The predicted octanol–water partition coefficient (Wildman–Crippen LogP) is -0.0496. The molecule has 1 heterocycles. The highest BCUT2D eigenvalue weighted by Gasteiger charge is 2.42. The highest BCUT2D eigenvalue weighted by molar-refractivity contribution is 5.86. The van der Waals surface area contributed by atoms with Gasteiger partial charge in [-0.1, -0.05) is 12.8 Å². The number of nitrogens with one attached hydrogen (secondary N) is 2. The topological polar surface area (TPSA) is 44.4 Å². The summed E-state index contributed by atoms with van der Waals surface area (Å²) in [6, 6.07) is 0. The molecule has 86 valence electrons. The Bertz CT molecular complexity index is 230. The first-order chi connectivity index (χ1) is 7.28. The predicted molar refractivity (Wildman–Crippen MR) is 59.7 cm³/mol. The Hall–Kier alpha value is -0.610. The second-order valence-corrected chi connectivity index (χ2v) is 4.58. The van der Waals surface area contributed by atoms with E-state index in [-0.39, 0.29) is 5.54 Å². The molecular formula is C11H21N3O. The van der Waals surface area contributed by atoms with E-state index in [1.165, 1.54) is 12.8 Å². The van der Waals surface area contributed by atoms with Gasteiger partial charge in [-0.05, 0) is 19.9 Å². The van der Waals surface area contributed by atoms with Gasteiger partial charge in [-0.3, -0.25) is 4.79 Å². The van der Waals surface area contributed by atoms with Crippen LogP contribution in [-0.4, -0.2) is 49.6 Å². The van der Waals surface area contributed by atoms with Crippen molar-refractivity contribution in [3.8, 4) is 0 Å². The minimum Gasteiger partial charge on any atom is -0.339 e. The van der Waals surface area contributed by atoms with Gasteiger partial charge in [0, 0.05) is 26.2 Å². The van der Waals surface area contributed by atoms with Crippen LogP contribution in [0, 0.1) is 0 Å². The summed E-state index contributed by atoms with van der Waals surface area (Å²) in [5.41, 5.74) is -0.239. The lowest BCUT2D eigenvalue weighted by molar-refractivity contribution is -0.138. The van der Waals surface area contributed by atoms with Crippen molar-refractivity contribution in [3.05, 3.63) is 0 Å². The quantitative estimate of drug-likeness (QED) is 0.673. The van der Waals surface area contributed by atoms with Crippen molar-refractivity contribution in [2.24, 2.45) is 0 Å². The number of carbonyl (C=O) groups is 1. The van der Waals surface area contributed by atoms with E-state index in [2.05, 4.69) is 10.6 Å². The number of likely N-dealkylation sites (N-methyl/N-ethyl adjacent to an activating group) is 1. The highest BCUT2D eigenvalue weighted by Crippen LogP contribution is 2.31. The van der Waals surface area contributed by atoms with Gasteiger partial charge in [0.2, 0.25) is 5.91 Å². The molecule has 0 unspecified atom stereocenters. The molecule has 2 rings (SSSR count). The van der Waals surface area contributed by atoms with Crippen molar-refractivity contribution >= 4 is 5.91 Å². The summed E-state index contributed by atoms with van der Waals surface area (Å²) in [7, 11) is 1.92. The Labute approximate surface area is 91.4 Å². The van der Waals surface area contributed by atoms with Gasteiger partial charge >= 0.3 is 0 Å². The van der Waals surface area contributed by atoms with Crippen LogP contribution in [0.5, 0.6) is 0 Å². The zero-order valence-corrected chi connectivity index (χ0v) is 9.51. The molecular weight excluding hydrogens is 190 g/mol. The third kappa shape index (κ3) is 2.01. The number of amides is 1. The zero-order valence-electron chi connectivity index (χ0n) is 9.51. The van der Waals surface area contributed by atoms with Gasteiger partial charge in [0.15, 0.2) is 0 Å². The van der Waals surface area contributed by atoms with E-state index in [0.717, 1.165) is 39.0 Å². The molecule has 2 fully saturated rings. The highest BCUT2D eigenvalue weighted by atomic mass is 16.2. The van der Waals surface area contributed by atoms with Crippen LogP contribution in [0.1, 0.15) is 25.7 Å². The fraction of sp³-hybridized carbons (Fsp3) is 0.909. The zero-order chi connectivity index (χ0) is 10.7. The molecule has 0 bridgehead atoms. The standard InChI is InChI=1S/C11H21N3O/c1-12-11(4-2-3-5-11)10(15)14-8-6-13-7-9-14/h12-13H,2-9H2,1H3. The van der Waals surface area contributed by atoms with E-state index in [4.69, 9.17) is 0 Å². The molecule has 0 radical (unpaired) electrons. The number of carbonyl (C=O) groups excluding carboxylic acids is 1. The third-order valence-electron chi connectivity index (χ3n) is 3.75. The Kier molecular flexibility index (Phi) is 3.26. The van der Waals surface area contributed by atoms with Crippen molar-refractivity contribution in [1.82, 2.24) is 15.5 Å². The maximum absolute atomic E-state index is 12.4. The molecule has 2 aliphatic rings. The molecule has 0 aromatic heterocycles. The van der Waals surface area contributed by atoms with Crippen LogP contribution >= 0.6 is 0 Å². The van der Waals surface area contributed by atoms with Crippen molar-refractivity contribution in [2.45, 2.75) is 31.2 Å². The number of nitrogens with zero attached hydrogens (tertiary/aromatic N) is 1. The monoisotopic (exact) mass is 211 g/mol. The van der Waals surface area contributed by atoms with Crippen LogP contribution in [0.2, 0.25) is 0 Å². The molecule has 1 aliphatic carbocycles. The normalized spacial score (nSPS) is 25.5. The van der Waals surface area contributed by atoms with Gasteiger partial charge < -0.3 is 15.5 Å². The third-order valence-corrected chi connectivity index (χ3v) is 3.75. The van der Waals surface area contributed by atoms with Gasteiger partial charge in [-0.15, -0.1) is 0 Å². The minimum atomic E-state index is -0.239. The smallest absolute Gasteiger partial charge is 0.242 e. The molecule has 1 aliphatic heterocycles. The van der Waals surface area contributed by atoms with Gasteiger partial charge in [-0.25, -0.2) is 0 Å². The molecule has 1 saturated carbocycles. The van der Waals surface area contributed by atoms with Crippen molar-refractivity contribution < 1.29 is 4.79 Å². The lowest BCUT2D eigenvalue weighted by atomic mass is 9.95. The van der Waals surface area contributed by atoms with Crippen molar-refractivity contribution in [3.63, 3.8) is 0 Å². The van der Waals surface area contributed by atoms with E-state index >= 15 is 0 Å². The Morgan fingerprint density at radius 2 is 1.87 bits per heavy atom. The van der Waals surface area contributed by atoms with Crippen LogP contribution in [0.3, 0.4) is 0 Å². The van der Waals surface area contributed by atoms with E-state index in [1.54, 1.807) is 0 Å². The molecule has 0 atom stereocenters. The van der Waals surface area contributed by atoms with Crippen molar-refractivity contribution in [2.75, 3.05) is 33.2 Å². The van der Waals surface area contributed by atoms with Gasteiger partial charge in [0.1, 0.15) is 0 Å². The summed E-state index contributed by atoms with van der Waals surface area (Å²) < 4.78 is 0. The van der Waals surface area contributed by atoms with Gasteiger partial charge in [0.05, 0.1) is 5.54 Å². The maximum atomic E-state index is 12.4. The Balaban J connectivity index is 2.03. The SMILES string of the molecule is CNC1(C(=O)N2CCNCC2)CCCC1. The van der Waals surface area contributed by atoms with E-state index in [0.29, 0.717) is 5.91 Å². The molecule has 1 amide bonds. The Morgan fingerprint density at radius 1 is 1.27 bits per heavy atom. The fourth-order valence-corrected chi connectivity index (χ4v) is 2.72. The molecule has 2 N–H and O–H groups in total. The first kappa shape index (κ1) is 10.9. The lowest BCUT2D eigenvalue weighted by Gasteiger charge is -2.36. The number of piperazine rings is 1. The van der Waals surface area contributed by atoms with E-state index in [1.807, 2.05) is 11.9 Å². The molecule has 0 spiro atoms. The summed E-state index contributed by atoms with van der Waals surface area (Å²) in [4.78, 5) is 14.4. The molecule has 4 nitrogen and oxygen atoms in total. The van der Waals surface area contributed by atoms with Gasteiger partial charge in [0.25, 0.3) is 0 Å². The molecule has 0 aromatic rings. The maximum Gasteiger partial charge on any atom is 0.242 e. The fourth-order valence-electron chi connectivity index (χ4n) is 2.72. The second-order valence-electron chi connectivity index (χ2n) is 4.58. The molecule has 4 heteroatoms. The van der Waals surface area contributed by atoms with Crippen LogP contribution in [-0.2, 0) is 4.79 Å². The number of hydrogen-bond acceptors (Lipinski definition) is 3. The van der Waals surface area contributed by atoms with Crippen LogP contribution in [0.15, 0.2) is 0 Å². The lowest BCUT2D eigenvalue weighted by Crippen LogP contribution is -2.58. The first-order valence-corrected chi connectivity index (χ1v) is 5.97. The average Bonchev–Trinajstić information content (AvgIpc) is 2.79. The minimum absolute atomic E-state index is 0.239. The van der Waals surface area contributed by atoms with Crippen molar-refractivity contribution in [1.29, 1.82) is 0 Å². The van der Waals surface area contributed by atoms with Crippen LogP contribution in [0.25, 0.3) is 0 Å². The van der Waals surface area contributed by atoms with E-state index in [9.17, 15) is 4.79 Å². The largest absolute Gasteiger partial charge is 0.339 e. The number of hydrogen-bond donors (Lipinski definition) is 2. The van der Waals surface area contributed by atoms with Crippen LogP contribution in [0.4, 0.5) is 0 Å². The average molecular weight is 211 g/mol. The van der Waals surface area contributed by atoms with Gasteiger partial charge in [-0.2, -0.15) is 0 Å². The summed E-state index contributed by atoms with van der Waals surface area (Å²) in [5, 5.41) is 6.54. The summed E-state index contributed by atoms with van der Waals surface area (Å²) in [6.45, 7) is 3.60. The summed E-state index contributed by atoms with van der Waals surface area (Å²) in [5.74, 6) is 0.323. The Morgan fingerprint density at radius 3 is 2.40 bits per heavy atom. The first-order valence-electron chi connectivity index (χ1n) is 5.97. The molecule has 1 saturated heterocycles. The van der Waals surface area contributed by atoms with E-state index < -0.39 is 0 Å². The summed E-state index contributed by atoms with van der Waals surface area (Å²) in [6.07, 6.45) is 4.37. The second kappa shape index (κ2) is 4.49. The molecule has 0 aromatic carbocycles. The number of rotatable bonds is 2. The molecule has 15 heavy (non-hydrogen) atoms.